The summed E-state index contributed by atoms with van der Waals surface area (Å²) in [7, 11) is 1.73. The van der Waals surface area contributed by atoms with Gasteiger partial charge in [0.25, 0.3) is 0 Å². The van der Waals surface area contributed by atoms with E-state index in [9.17, 15) is 4.79 Å². The first-order valence-electron chi connectivity index (χ1n) is 6.08. The summed E-state index contributed by atoms with van der Waals surface area (Å²) in [6, 6.07) is 12.1. The smallest absolute Gasteiger partial charge is 0.152 e. The van der Waals surface area contributed by atoms with E-state index in [1.807, 2.05) is 30.3 Å². The Kier molecular flexibility index (Phi) is 2.76. The molecule has 3 nitrogen and oxygen atoms in total. The number of carbonyl (C=O) groups is 1. The van der Waals surface area contributed by atoms with Crippen LogP contribution in [0.3, 0.4) is 0 Å². The molecule has 92 valence electrons. The molecule has 0 N–H and O–H groups in total. The topological polar surface area (TPSA) is 29.5 Å². The average Bonchev–Trinajstić information content (AvgIpc) is 2.37. The molecule has 0 aliphatic carbocycles. The van der Waals surface area contributed by atoms with E-state index in [1.165, 1.54) is 0 Å². The van der Waals surface area contributed by atoms with Gasteiger partial charge in [-0.25, -0.2) is 0 Å². The number of carbonyl (C=O) groups excluding carboxylic acids is 1. The third-order valence-corrected chi connectivity index (χ3v) is 3.59. The van der Waals surface area contributed by atoms with Crippen LogP contribution in [0.1, 0.15) is 10.4 Å². The largest absolute Gasteiger partial charge is 0.378 e. The highest BCUT2D eigenvalue weighted by Crippen LogP contribution is 2.30. The van der Waals surface area contributed by atoms with Crippen molar-refractivity contribution in [3.8, 4) is 0 Å². The molecule has 3 rings (SSSR count). The molecular formula is C15H15NO2. The Balaban J connectivity index is 2.05. The molecule has 0 spiro atoms. The van der Waals surface area contributed by atoms with Gasteiger partial charge < -0.3 is 9.64 Å². The fraction of sp³-hybridized carbons (Fsp3) is 0.267. The van der Waals surface area contributed by atoms with Crippen molar-refractivity contribution in [2.45, 2.75) is 6.10 Å². The van der Waals surface area contributed by atoms with Crippen molar-refractivity contribution < 1.29 is 9.53 Å². The van der Waals surface area contributed by atoms with Crippen LogP contribution in [0.25, 0.3) is 10.8 Å². The van der Waals surface area contributed by atoms with Gasteiger partial charge in [0.15, 0.2) is 6.29 Å². The first kappa shape index (κ1) is 11.2. The molecule has 0 bridgehead atoms. The lowest BCUT2D eigenvalue weighted by molar-refractivity contribution is 0.0786. The number of rotatable bonds is 3. The quantitative estimate of drug-likeness (QED) is 0.773. The van der Waals surface area contributed by atoms with Crippen LogP contribution in [0.4, 0.5) is 5.69 Å². The number of aldehydes is 1. The van der Waals surface area contributed by atoms with Crippen molar-refractivity contribution in [2.75, 3.05) is 25.1 Å². The van der Waals surface area contributed by atoms with Gasteiger partial charge in [-0.2, -0.15) is 0 Å². The van der Waals surface area contributed by atoms with Crippen molar-refractivity contribution in [3.05, 3.63) is 42.0 Å². The predicted molar refractivity (Wildman–Crippen MR) is 72.3 cm³/mol. The van der Waals surface area contributed by atoms with Gasteiger partial charge in [-0.15, -0.1) is 0 Å². The Morgan fingerprint density at radius 3 is 2.72 bits per heavy atom. The summed E-state index contributed by atoms with van der Waals surface area (Å²) in [5.74, 6) is 0. The van der Waals surface area contributed by atoms with E-state index >= 15 is 0 Å². The minimum absolute atomic E-state index is 0.288. The van der Waals surface area contributed by atoms with Gasteiger partial charge >= 0.3 is 0 Å². The van der Waals surface area contributed by atoms with Crippen molar-refractivity contribution >= 4 is 22.7 Å². The van der Waals surface area contributed by atoms with E-state index in [1.54, 1.807) is 7.11 Å². The van der Waals surface area contributed by atoms with Crippen LogP contribution in [-0.2, 0) is 4.74 Å². The first-order valence-corrected chi connectivity index (χ1v) is 6.08. The van der Waals surface area contributed by atoms with Gasteiger partial charge in [0, 0.05) is 31.5 Å². The fourth-order valence-electron chi connectivity index (χ4n) is 2.47. The van der Waals surface area contributed by atoms with Crippen LogP contribution < -0.4 is 4.90 Å². The van der Waals surface area contributed by atoms with Gasteiger partial charge in [0.05, 0.1) is 6.10 Å². The molecule has 0 aromatic heterocycles. The van der Waals surface area contributed by atoms with Crippen LogP contribution in [0.5, 0.6) is 0 Å². The van der Waals surface area contributed by atoms with E-state index in [2.05, 4.69) is 11.0 Å². The maximum atomic E-state index is 11.4. The molecule has 1 saturated heterocycles. The molecule has 0 atom stereocenters. The molecule has 3 heteroatoms. The van der Waals surface area contributed by atoms with Crippen LogP contribution in [0.2, 0.25) is 0 Å². The summed E-state index contributed by atoms with van der Waals surface area (Å²) in [6.45, 7) is 1.71. The molecule has 2 aromatic rings. The standard InChI is InChI=1S/C15H15NO2/c1-18-12-8-16(9-12)15-7-6-11-4-2-3-5-13(11)14(15)10-17/h2-7,10,12H,8-9H2,1H3. The summed E-state index contributed by atoms with van der Waals surface area (Å²) in [4.78, 5) is 13.6. The zero-order chi connectivity index (χ0) is 12.5. The minimum atomic E-state index is 0.288. The van der Waals surface area contributed by atoms with Crippen LogP contribution in [0.15, 0.2) is 36.4 Å². The van der Waals surface area contributed by atoms with Crippen molar-refractivity contribution in [3.63, 3.8) is 0 Å². The maximum Gasteiger partial charge on any atom is 0.152 e. The molecule has 0 saturated carbocycles. The minimum Gasteiger partial charge on any atom is -0.378 e. The van der Waals surface area contributed by atoms with Crippen molar-refractivity contribution in [2.24, 2.45) is 0 Å². The average molecular weight is 241 g/mol. The third kappa shape index (κ3) is 1.68. The monoisotopic (exact) mass is 241 g/mol. The number of hydrogen-bond donors (Lipinski definition) is 0. The summed E-state index contributed by atoms with van der Waals surface area (Å²) < 4.78 is 5.27. The van der Waals surface area contributed by atoms with E-state index in [0.717, 1.165) is 41.4 Å². The Morgan fingerprint density at radius 2 is 2.00 bits per heavy atom. The molecule has 1 aliphatic rings. The lowest BCUT2D eigenvalue weighted by atomic mass is 10.0. The number of ether oxygens (including phenoxy) is 1. The molecule has 1 heterocycles. The summed E-state index contributed by atoms with van der Waals surface area (Å²) in [6.07, 6.45) is 1.24. The second kappa shape index (κ2) is 4.42. The van der Waals surface area contributed by atoms with E-state index < -0.39 is 0 Å². The molecule has 1 aliphatic heterocycles. The molecule has 0 radical (unpaired) electrons. The van der Waals surface area contributed by atoms with E-state index in [-0.39, 0.29) is 6.10 Å². The predicted octanol–water partition coefficient (Wildman–Crippen LogP) is 2.49. The third-order valence-electron chi connectivity index (χ3n) is 3.59. The van der Waals surface area contributed by atoms with Crippen LogP contribution >= 0.6 is 0 Å². The Morgan fingerprint density at radius 1 is 1.22 bits per heavy atom. The van der Waals surface area contributed by atoms with Crippen LogP contribution in [0, 0.1) is 0 Å². The number of hydrogen-bond acceptors (Lipinski definition) is 3. The van der Waals surface area contributed by atoms with Gasteiger partial charge in [0.2, 0.25) is 0 Å². The Labute approximate surface area is 106 Å². The summed E-state index contributed by atoms with van der Waals surface area (Å²) >= 11 is 0. The van der Waals surface area contributed by atoms with Gasteiger partial charge in [-0.1, -0.05) is 30.3 Å². The van der Waals surface area contributed by atoms with E-state index in [0.29, 0.717) is 0 Å². The summed E-state index contributed by atoms with van der Waals surface area (Å²) in [5.41, 5.74) is 1.79. The van der Waals surface area contributed by atoms with Gasteiger partial charge in [-0.3, -0.25) is 4.79 Å². The molecule has 1 fully saturated rings. The zero-order valence-corrected chi connectivity index (χ0v) is 10.3. The van der Waals surface area contributed by atoms with Gasteiger partial charge in [0.1, 0.15) is 0 Å². The highest BCUT2D eigenvalue weighted by molar-refractivity contribution is 6.03. The van der Waals surface area contributed by atoms with Crippen molar-refractivity contribution in [1.29, 1.82) is 0 Å². The Bertz CT molecular complexity index is 588. The second-order valence-electron chi connectivity index (χ2n) is 4.60. The molecule has 2 aromatic carbocycles. The number of nitrogens with zero attached hydrogens (tertiary/aromatic N) is 1. The normalized spacial score (nSPS) is 15.7. The lowest BCUT2D eigenvalue weighted by Crippen LogP contribution is -2.52. The number of benzene rings is 2. The van der Waals surface area contributed by atoms with Crippen LogP contribution in [-0.4, -0.2) is 32.6 Å². The highest BCUT2D eigenvalue weighted by Gasteiger charge is 2.28. The lowest BCUT2D eigenvalue weighted by Gasteiger charge is -2.40. The SMILES string of the molecule is COC1CN(c2ccc3ccccc3c2C=O)C1. The maximum absolute atomic E-state index is 11.4. The molecule has 0 unspecified atom stereocenters. The number of fused-ring (bicyclic) bond motifs is 1. The van der Waals surface area contributed by atoms with Gasteiger partial charge in [-0.05, 0) is 16.8 Å². The molecule has 18 heavy (non-hydrogen) atoms. The second-order valence-corrected chi connectivity index (χ2v) is 4.60. The number of anilines is 1. The highest BCUT2D eigenvalue weighted by atomic mass is 16.5. The van der Waals surface area contributed by atoms with Crippen molar-refractivity contribution in [1.82, 2.24) is 0 Å². The first-order chi connectivity index (χ1) is 8.83. The fourth-order valence-corrected chi connectivity index (χ4v) is 2.47. The molecular weight excluding hydrogens is 226 g/mol. The summed E-state index contributed by atoms with van der Waals surface area (Å²) in [5, 5.41) is 2.12. The number of methoxy groups -OCH3 is 1. The molecule has 0 amide bonds. The Hall–Kier alpha value is -1.87. The van der Waals surface area contributed by atoms with E-state index in [4.69, 9.17) is 4.74 Å². The zero-order valence-electron chi connectivity index (χ0n) is 10.3.